The van der Waals surface area contributed by atoms with Crippen LogP contribution in [0.3, 0.4) is 0 Å². The number of benzene rings is 1. The molecule has 0 unspecified atom stereocenters. The van der Waals surface area contributed by atoms with Gasteiger partial charge in [0, 0.05) is 19.7 Å². The van der Waals surface area contributed by atoms with Gasteiger partial charge >= 0.3 is 6.09 Å². The molecule has 3 amide bonds. The number of rotatable bonds is 9. The molecule has 8 nitrogen and oxygen atoms in total. The van der Waals surface area contributed by atoms with Crippen LogP contribution in [-0.4, -0.2) is 55.4 Å². The molecule has 39 heavy (non-hydrogen) atoms. The predicted molar refractivity (Wildman–Crippen MR) is 166 cm³/mol. The lowest BCUT2D eigenvalue weighted by molar-refractivity contribution is -0.121. The van der Waals surface area contributed by atoms with Crippen molar-refractivity contribution in [3.8, 4) is 0 Å². The number of ether oxygens (including phenoxy) is 1. The predicted octanol–water partition coefficient (Wildman–Crippen LogP) is 4.21. The Morgan fingerprint density at radius 1 is 1.05 bits per heavy atom. The lowest BCUT2D eigenvalue weighted by atomic mass is 10.1. The van der Waals surface area contributed by atoms with Gasteiger partial charge in [-0.05, 0) is 63.5 Å². The topological polar surface area (TPSA) is 117 Å². The third-order valence-corrected chi connectivity index (χ3v) is 3.95. The van der Waals surface area contributed by atoms with Gasteiger partial charge in [0.15, 0.2) is 0 Å². The van der Waals surface area contributed by atoms with E-state index >= 15 is 0 Å². The first-order chi connectivity index (χ1) is 18.3. The molecule has 224 valence electrons. The van der Waals surface area contributed by atoms with Crippen molar-refractivity contribution in [3.63, 3.8) is 0 Å². The van der Waals surface area contributed by atoms with Crippen molar-refractivity contribution in [1.29, 1.82) is 0 Å². The van der Waals surface area contributed by atoms with Crippen molar-refractivity contribution in [1.82, 2.24) is 16.0 Å². The van der Waals surface area contributed by atoms with Gasteiger partial charge in [0.1, 0.15) is 5.60 Å². The zero-order chi connectivity index (χ0) is 31.3. The maximum absolute atomic E-state index is 11.3. The standard InChI is InChI=1S/C14H16N2O2.C8H17NO2.C5H10.C2H6O.C2H6/c1-3-12(8-16-14(18)9-15-10-17)13-7-5-4-6-11(13)2;1-5-6-9-7(10)11-8(2,3)4;1-4-5(2)3;1-2-3;1-2/h3-7,10H,1-2,8-9H2,(H,15,17)(H,16,18);5-6H2,1-4H3,(H,9,10);2,4H2,1,3H3;3H,2H2,1H3;1-2H3/b13-12+;;;;. The lowest BCUT2D eigenvalue weighted by Gasteiger charge is -2.19. The average Bonchev–Trinajstić information content (AvgIpc) is 2.89. The zero-order valence-corrected chi connectivity index (χ0v) is 25.9. The normalized spacial score (nSPS) is 9.90. The van der Waals surface area contributed by atoms with Crippen molar-refractivity contribution in [2.75, 3.05) is 26.2 Å². The minimum absolute atomic E-state index is 0.0278. The highest BCUT2D eigenvalue weighted by molar-refractivity contribution is 5.81. The Morgan fingerprint density at radius 3 is 1.95 bits per heavy atom. The highest BCUT2D eigenvalue weighted by Gasteiger charge is 2.14. The lowest BCUT2D eigenvalue weighted by Crippen LogP contribution is -2.36. The van der Waals surface area contributed by atoms with E-state index in [1.807, 2.05) is 72.7 Å². The van der Waals surface area contributed by atoms with E-state index in [0.717, 1.165) is 28.9 Å². The van der Waals surface area contributed by atoms with Crippen LogP contribution in [0.15, 0.2) is 49.1 Å². The van der Waals surface area contributed by atoms with E-state index in [2.05, 4.69) is 42.6 Å². The van der Waals surface area contributed by atoms with Gasteiger partial charge in [-0.3, -0.25) is 9.59 Å². The maximum Gasteiger partial charge on any atom is 0.407 e. The van der Waals surface area contributed by atoms with Crippen molar-refractivity contribution in [2.45, 2.75) is 80.8 Å². The number of aliphatic hydroxyl groups is 1. The minimum Gasteiger partial charge on any atom is -0.444 e. The number of aliphatic hydroxyl groups excluding tert-OH is 1. The summed E-state index contributed by atoms with van der Waals surface area (Å²) in [7, 11) is 0. The van der Waals surface area contributed by atoms with Crippen LogP contribution >= 0.6 is 0 Å². The number of carbonyl (C=O) groups excluding carboxylic acids is 3. The van der Waals surface area contributed by atoms with Gasteiger partial charge in [-0.25, -0.2) is 4.79 Å². The Bertz CT molecular complexity index is 906. The summed E-state index contributed by atoms with van der Waals surface area (Å²) in [6.45, 7) is 29.9. The molecule has 0 heterocycles. The number of nitrogens with one attached hydrogen (secondary N) is 3. The maximum atomic E-state index is 11.3. The number of alkyl carbamates (subject to hydrolysis) is 1. The molecule has 8 heteroatoms. The number of amides is 3. The number of hydrogen-bond acceptors (Lipinski definition) is 5. The Morgan fingerprint density at radius 2 is 1.56 bits per heavy atom. The summed E-state index contributed by atoms with van der Waals surface area (Å²) >= 11 is 0. The molecular formula is C31H55N3O5. The zero-order valence-electron chi connectivity index (χ0n) is 25.9. The molecular weight excluding hydrogens is 494 g/mol. The molecule has 0 aliphatic rings. The highest BCUT2D eigenvalue weighted by Crippen LogP contribution is 2.06. The molecule has 0 radical (unpaired) electrons. The highest BCUT2D eigenvalue weighted by atomic mass is 16.6. The molecule has 0 fully saturated rings. The van der Waals surface area contributed by atoms with Gasteiger partial charge in [-0.2, -0.15) is 0 Å². The fraction of sp³-hybridized carbons (Fsp3) is 0.516. The fourth-order valence-electron chi connectivity index (χ4n) is 2.04. The van der Waals surface area contributed by atoms with Crippen LogP contribution in [-0.2, 0) is 14.3 Å². The van der Waals surface area contributed by atoms with Crippen molar-refractivity contribution < 1.29 is 24.2 Å². The van der Waals surface area contributed by atoms with Gasteiger partial charge in [0.25, 0.3) is 0 Å². The van der Waals surface area contributed by atoms with Crippen LogP contribution in [0.25, 0.3) is 12.2 Å². The molecule has 1 rings (SSSR count). The van der Waals surface area contributed by atoms with Crippen molar-refractivity contribution >= 4 is 30.6 Å². The average molecular weight is 550 g/mol. The molecule has 4 N–H and O–H groups in total. The number of hydrogen-bond donors (Lipinski definition) is 4. The second kappa shape index (κ2) is 29.2. The van der Waals surface area contributed by atoms with E-state index in [0.29, 0.717) is 19.5 Å². The molecule has 0 aromatic heterocycles. The molecule has 1 aromatic rings. The van der Waals surface area contributed by atoms with Gasteiger partial charge in [-0.15, -0.1) is 6.58 Å². The van der Waals surface area contributed by atoms with E-state index < -0.39 is 5.60 Å². The minimum atomic E-state index is -0.391. The van der Waals surface area contributed by atoms with E-state index in [1.54, 1.807) is 13.0 Å². The largest absolute Gasteiger partial charge is 0.444 e. The monoisotopic (exact) mass is 549 g/mol. The molecule has 0 saturated heterocycles. The SMILES string of the molecule is C=C(C)CC.C=C/C(CNC(=O)CNC=O)=c1/ccccc1=C.CC.CCCNC(=O)OC(C)(C)C.CCO. The van der Waals surface area contributed by atoms with Crippen molar-refractivity contribution in [2.24, 2.45) is 0 Å². The van der Waals surface area contributed by atoms with Crippen LogP contribution in [0, 0.1) is 0 Å². The van der Waals surface area contributed by atoms with E-state index in [9.17, 15) is 14.4 Å². The Labute approximate surface area is 237 Å². The molecule has 0 bridgehead atoms. The van der Waals surface area contributed by atoms with E-state index in [-0.39, 0.29) is 25.2 Å². The summed E-state index contributed by atoms with van der Waals surface area (Å²) in [6.07, 6.45) is 3.89. The van der Waals surface area contributed by atoms with Crippen LogP contribution in [0.5, 0.6) is 0 Å². The third kappa shape index (κ3) is 32.6. The summed E-state index contributed by atoms with van der Waals surface area (Å²) in [5.41, 5.74) is 1.75. The van der Waals surface area contributed by atoms with Gasteiger partial charge < -0.3 is 25.8 Å². The molecule has 0 atom stereocenters. The van der Waals surface area contributed by atoms with E-state index in [4.69, 9.17) is 9.84 Å². The van der Waals surface area contributed by atoms with Gasteiger partial charge in [0.2, 0.25) is 12.3 Å². The van der Waals surface area contributed by atoms with E-state index in [1.165, 1.54) is 5.57 Å². The molecule has 1 aromatic carbocycles. The van der Waals surface area contributed by atoms with Gasteiger partial charge in [-0.1, -0.05) is 76.8 Å². The summed E-state index contributed by atoms with van der Waals surface area (Å²) in [5.74, 6) is -0.247. The van der Waals surface area contributed by atoms with Crippen molar-refractivity contribution in [3.05, 3.63) is 59.5 Å². The van der Waals surface area contributed by atoms with Gasteiger partial charge in [0.05, 0.1) is 6.54 Å². The quantitative estimate of drug-likeness (QED) is 0.272. The summed E-state index contributed by atoms with van der Waals surface area (Å²) < 4.78 is 4.99. The Balaban J connectivity index is -0.000000248. The summed E-state index contributed by atoms with van der Waals surface area (Å²) in [5, 5.41) is 17.0. The van der Waals surface area contributed by atoms with Crippen LogP contribution < -0.4 is 26.4 Å². The molecule has 0 saturated carbocycles. The smallest absolute Gasteiger partial charge is 0.407 e. The summed E-state index contributed by atoms with van der Waals surface area (Å²) in [4.78, 5) is 32.3. The molecule has 0 aliphatic carbocycles. The van der Waals surface area contributed by atoms with Crippen LogP contribution in [0.2, 0.25) is 0 Å². The first-order valence-electron chi connectivity index (χ1n) is 13.4. The Kier molecular flexibility index (Phi) is 31.9. The second-order valence-electron chi connectivity index (χ2n) is 8.72. The third-order valence-electron chi connectivity index (χ3n) is 3.95. The van der Waals surface area contributed by atoms with Crippen LogP contribution in [0.4, 0.5) is 4.79 Å². The molecule has 0 spiro atoms. The Hall–Kier alpha value is -3.39. The first kappa shape index (κ1) is 42.7. The molecule has 0 aliphatic heterocycles. The number of allylic oxidation sites excluding steroid dienone is 1. The summed E-state index contributed by atoms with van der Waals surface area (Å²) in [6, 6.07) is 7.63. The first-order valence-corrected chi connectivity index (χ1v) is 13.4. The fourth-order valence-corrected chi connectivity index (χ4v) is 2.04. The van der Waals surface area contributed by atoms with Crippen LogP contribution in [0.1, 0.15) is 75.2 Å². The second-order valence-corrected chi connectivity index (χ2v) is 8.72. The number of carbonyl (C=O) groups is 3.